The first-order valence-electron chi connectivity index (χ1n) is 8.14. The van der Waals surface area contributed by atoms with Crippen LogP contribution in [0.5, 0.6) is 0 Å². The van der Waals surface area contributed by atoms with Crippen molar-refractivity contribution in [3.8, 4) is 0 Å². The Balaban J connectivity index is 4.76. The third kappa shape index (κ3) is 7.94. The van der Waals surface area contributed by atoms with Crippen LogP contribution in [0, 0.1) is 0 Å². The van der Waals surface area contributed by atoms with Gasteiger partial charge >= 0.3 is 5.97 Å². The monoisotopic (exact) mass is 350 g/mol. The van der Waals surface area contributed by atoms with E-state index in [1.165, 1.54) is 0 Å². The van der Waals surface area contributed by atoms with Gasteiger partial charge in [0.2, 0.25) is 0 Å². The first-order chi connectivity index (χ1) is 10.5. The topological polar surface area (TPSA) is 80.7 Å². The molecular formula is C16H32NO5S+. The van der Waals surface area contributed by atoms with Crippen LogP contribution in [-0.4, -0.2) is 61.0 Å². The third-order valence-electron chi connectivity index (χ3n) is 4.63. The lowest BCUT2D eigenvalue weighted by Gasteiger charge is -2.43. The van der Waals surface area contributed by atoms with Crippen LogP contribution in [0.1, 0.15) is 47.5 Å². The van der Waals surface area contributed by atoms with Gasteiger partial charge in [0.25, 0.3) is 10.1 Å². The Morgan fingerprint density at radius 1 is 1.22 bits per heavy atom. The number of hydrogen-bond acceptors (Lipinski definition) is 4. The van der Waals surface area contributed by atoms with Crippen molar-refractivity contribution in [1.29, 1.82) is 0 Å². The fourth-order valence-corrected chi connectivity index (χ4v) is 3.40. The Morgan fingerprint density at radius 3 is 2.13 bits per heavy atom. The quantitative estimate of drug-likeness (QED) is 0.268. The minimum Gasteiger partial charge on any atom is -0.459 e. The van der Waals surface area contributed by atoms with Crippen LogP contribution in [0.4, 0.5) is 0 Å². The van der Waals surface area contributed by atoms with Gasteiger partial charge in [-0.25, -0.2) is 4.79 Å². The Kier molecular flexibility index (Phi) is 9.02. The Bertz CT molecular complexity index is 497. The lowest BCUT2D eigenvalue weighted by atomic mass is 10.1. The van der Waals surface area contributed by atoms with Crippen molar-refractivity contribution in [1.82, 2.24) is 0 Å². The van der Waals surface area contributed by atoms with Gasteiger partial charge in [-0.3, -0.25) is 4.55 Å². The Labute approximate surface area is 140 Å². The number of ether oxygens (including phenoxy) is 1. The van der Waals surface area contributed by atoms with Crippen LogP contribution in [0.15, 0.2) is 12.2 Å². The second-order valence-corrected chi connectivity index (χ2v) is 7.86. The fourth-order valence-electron chi connectivity index (χ4n) is 2.76. The minimum absolute atomic E-state index is 0.0935. The zero-order valence-electron chi connectivity index (χ0n) is 15.0. The summed E-state index contributed by atoms with van der Waals surface area (Å²) in [6, 6.07) is 0.0935. The van der Waals surface area contributed by atoms with Crippen molar-refractivity contribution >= 4 is 16.1 Å². The van der Waals surface area contributed by atoms with Gasteiger partial charge < -0.3 is 9.22 Å². The van der Waals surface area contributed by atoms with Gasteiger partial charge in [0, 0.05) is 18.4 Å². The molecule has 0 radical (unpaired) electrons. The summed E-state index contributed by atoms with van der Waals surface area (Å²) in [5.74, 6) is -0.614. The molecule has 23 heavy (non-hydrogen) atoms. The molecule has 0 amide bonds. The molecule has 7 heteroatoms. The minimum atomic E-state index is -3.94. The molecule has 0 spiro atoms. The lowest BCUT2D eigenvalue weighted by molar-refractivity contribution is -0.946. The van der Waals surface area contributed by atoms with Crippen molar-refractivity contribution in [2.45, 2.75) is 59.6 Å². The molecule has 0 aliphatic carbocycles. The van der Waals surface area contributed by atoms with E-state index in [-0.39, 0.29) is 23.9 Å². The van der Waals surface area contributed by atoms with Crippen LogP contribution in [0.2, 0.25) is 0 Å². The van der Waals surface area contributed by atoms with Crippen LogP contribution in [0.25, 0.3) is 0 Å². The van der Waals surface area contributed by atoms with Gasteiger partial charge in [-0.15, -0.1) is 0 Å². The molecule has 1 N–H and O–H groups in total. The fraction of sp³-hybridized carbons (Fsp3) is 0.812. The second kappa shape index (κ2) is 9.39. The molecule has 0 aromatic rings. The molecule has 0 aromatic carbocycles. The Morgan fingerprint density at radius 2 is 1.74 bits per heavy atom. The molecule has 0 rings (SSSR count). The zero-order chi connectivity index (χ0) is 18.3. The number of carbonyl (C=O) groups is 1. The van der Waals surface area contributed by atoms with Crippen LogP contribution < -0.4 is 0 Å². The summed E-state index contributed by atoms with van der Waals surface area (Å²) in [4.78, 5) is 11.5. The summed E-state index contributed by atoms with van der Waals surface area (Å²) < 4.78 is 36.9. The van der Waals surface area contributed by atoms with Crippen molar-refractivity contribution in [2.75, 3.05) is 25.4 Å². The van der Waals surface area contributed by atoms with Crippen LogP contribution in [-0.2, 0) is 19.6 Å². The van der Waals surface area contributed by atoms with Gasteiger partial charge in [0.05, 0.1) is 31.4 Å². The van der Waals surface area contributed by atoms with E-state index in [2.05, 4.69) is 20.4 Å². The maximum atomic E-state index is 11.5. The molecule has 0 aliphatic rings. The molecule has 0 fully saturated rings. The normalized spacial score (nSPS) is 15.0. The smallest absolute Gasteiger partial charge is 0.333 e. The number of hydrogen-bond donors (Lipinski definition) is 1. The summed E-state index contributed by atoms with van der Waals surface area (Å²) >= 11 is 0. The molecule has 0 aliphatic heterocycles. The predicted octanol–water partition coefficient (Wildman–Crippen LogP) is 2.41. The number of quaternary nitrogens is 1. The van der Waals surface area contributed by atoms with Gasteiger partial charge in [0.1, 0.15) is 6.10 Å². The SMILES string of the molecule is C=C(C)C(=O)OC(C)CC[N+](CC)(CC)C(C)CCS(=O)(=O)O. The summed E-state index contributed by atoms with van der Waals surface area (Å²) in [5, 5.41) is 0. The van der Waals surface area contributed by atoms with Crippen molar-refractivity contribution in [3.63, 3.8) is 0 Å². The lowest BCUT2D eigenvalue weighted by Crippen LogP contribution is -2.55. The largest absolute Gasteiger partial charge is 0.459 e. The third-order valence-corrected chi connectivity index (χ3v) is 5.38. The predicted molar refractivity (Wildman–Crippen MR) is 91.7 cm³/mol. The summed E-state index contributed by atoms with van der Waals surface area (Å²) in [5.41, 5.74) is 0.380. The molecule has 2 unspecified atom stereocenters. The molecule has 0 saturated carbocycles. The van der Waals surface area contributed by atoms with Gasteiger partial charge in [-0.1, -0.05) is 6.58 Å². The first-order valence-corrected chi connectivity index (χ1v) is 9.75. The van der Waals surface area contributed by atoms with E-state index >= 15 is 0 Å². The molecule has 136 valence electrons. The van der Waals surface area contributed by atoms with Gasteiger partial charge in [-0.2, -0.15) is 8.42 Å². The highest BCUT2D eigenvalue weighted by Gasteiger charge is 2.32. The zero-order valence-corrected chi connectivity index (χ0v) is 15.9. The standard InChI is InChI=1S/C16H31NO5S/c1-7-17(8-2,14(5)10-12-23(19,20)21)11-9-15(6)22-16(18)13(3)4/h14-15H,3,7-12H2,1-2,4-6H3/p+1. The average molecular weight is 351 g/mol. The van der Waals surface area contributed by atoms with E-state index in [0.29, 0.717) is 18.4 Å². The molecule has 0 bridgehead atoms. The molecule has 0 aromatic heterocycles. The van der Waals surface area contributed by atoms with E-state index < -0.39 is 10.1 Å². The number of nitrogens with zero attached hydrogens (tertiary/aromatic N) is 1. The first kappa shape index (κ1) is 22.1. The molecular weight excluding hydrogens is 318 g/mol. The van der Waals surface area contributed by atoms with Crippen LogP contribution in [0.3, 0.4) is 0 Å². The van der Waals surface area contributed by atoms with Crippen molar-refractivity contribution in [2.24, 2.45) is 0 Å². The maximum Gasteiger partial charge on any atom is 0.333 e. The molecule has 6 nitrogen and oxygen atoms in total. The van der Waals surface area contributed by atoms with E-state index in [4.69, 9.17) is 9.29 Å². The highest BCUT2D eigenvalue weighted by Crippen LogP contribution is 2.19. The maximum absolute atomic E-state index is 11.5. The average Bonchev–Trinajstić information content (AvgIpc) is 2.45. The van der Waals surface area contributed by atoms with E-state index in [9.17, 15) is 13.2 Å². The second-order valence-electron chi connectivity index (χ2n) is 6.28. The molecule has 0 heterocycles. The molecule has 2 atom stereocenters. The molecule has 0 saturated heterocycles. The van der Waals surface area contributed by atoms with E-state index in [0.717, 1.165) is 24.1 Å². The van der Waals surface area contributed by atoms with Crippen molar-refractivity contribution < 1.29 is 27.0 Å². The highest BCUT2D eigenvalue weighted by molar-refractivity contribution is 7.85. The van der Waals surface area contributed by atoms with Crippen LogP contribution >= 0.6 is 0 Å². The van der Waals surface area contributed by atoms with Crippen molar-refractivity contribution in [3.05, 3.63) is 12.2 Å². The highest BCUT2D eigenvalue weighted by atomic mass is 32.2. The Hall–Kier alpha value is -0.920. The summed E-state index contributed by atoms with van der Waals surface area (Å²) in [6.45, 7) is 15.7. The number of esters is 1. The van der Waals surface area contributed by atoms with Gasteiger partial charge in [-0.05, 0) is 34.6 Å². The summed E-state index contributed by atoms with van der Waals surface area (Å²) in [6.07, 6.45) is 0.876. The van der Waals surface area contributed by atoms with E-state index in [1.807, 2.05) is 13.8 Å². The number of rotatable bonds is 11. The summed E-state index contributed by atoms with van der Waals surface area (Å²) in [7, 11) is -3.94. The van der Waals surface area contributed by atoms with E-state index in [1.54, 1.807) is 6.92 Å². The van der Waals surface area contributed by atoms with Gasteiger partial charge in [0.15, 0.2) is 0 Å². The number of carbonyl (C=O) groups excluding carboxylic acids is 1.